The van der Waals surface area contributed by atoms with Crippen molar-refractivity contribution in [3.8, 4) is 33.4 Å². The van der Waals surface area contributed by atoms with E-state index in [0.29, 0.717) is 5.46 Å². The van der Waals surface area contributed by atoms with Crippen LogP contribution >= 0.6 is 0 Å². The molecular weight excluding hydrogens is 415 g/mol. The fourth-order valence-electron chi connectivity index (χ4n) is 6.22. The van der Waals surface area contributed by atoms with Crippen molar-refractivity contribution in [1.82, 2.24) is 0 Å². The van der Waals surface area contributed by atoms with E-state index < -0.39 is 7.12 Å². The molecule has 0 bridgehead atoms. The molecule has 0 aliphatic heterocycles. The fourth-order valence-corrected chi connectivity index (χ4v) is 6.22. The highest BCUT2D eigenvalue weighted by molar-refractivity contribution is 6.58. The molecule has 2 N–H and O–H groups in total. The molecule has 0 saturated heterocycles. The van der Waals surface area contributed by atoms with Crippen LogP contribution in [-0.4, -0.2) is 17.2 Å². The van der Waals surface area contributed by atoms with Gasteiger partial charge in [0.1, 0.15) is 0 Å². The Morgan fingerprint density at radius 3 is 1.50 bits per heavy atom. The molecule has 7 rings (SSSR count). The molecule has 0 atom stereocenters. The summed E-state index contributed by atoms with van der Waals surface area (Å²) in [6, 6.07) is 40.5. The predicted molar refractivity (Wildman–Crippen MR) is 138 cm³/mol. The Bertz CT molecular complexity index is 1540. The Morgan fingerprint density at radius 1 is 0.441 bits per heavy atom. The molecule has 2 aliphatic rings. The first-order valence-corrected chi connectivity index (χ1v) is 11.6. The van der Waals surface area contributed by atoms with Gasteiger partial charge in [-0.1, -0.05) is 115 Å². The highest BCUT2D eigenvalue weighted by Crippen LogP contribution is 2.63. The van der Waals surface area contributed by atoms with Gasteiger partial charge in [0.15, 0.2) is 0 Å². The molecule has 3 heteroatoms. The molecule has 2 nitrogen and oxygen atoms in total. The van der Waals surface area contributed by atoms with Crippen molar-refractivity contribution in [3.63, 3.8) is 0 Å². The number of fused-ring (bicyclic) bond motifs is 10. The first-order chi connectivity index (χ1) is 16.7. The first kappa shape index (κ1) is 19.5. The number of hydrogen-bond donors (Lipinski definition) is 2. The van der Waals surface area contributed by atoms with Crippen LogP contribution in [0.2, 0.25) is 0 Å². The summed E-state index contributed by atoms with van der Waals surface area (Å²) in [4.78, 5) is 0. The minimum atomic E-state index is -1.47. The monoisotopic (exact) mass is 436 g/mol. The van der Waals surface area contributed by atoms with Gasteiger partial charge in [0.25, 0.3) is 0 Å². The van der Waals surface area contributed by atoms with Crippen molar-refractivity contribution in [3.05, 3.63) is 138 Å². The molecule has 0 aromatic heterocycles. The maximum Gasteiger partial charge on any atom is 0.488 e. The molecule has 2 aliphatic carbocycles. The zero-order valence-corrected chi connectivity index (χ0v) is 18.4. The lowest BCUT2D eigenvalue weighted by Gasteiger charge is -2.30. The van der Waals surface area contributed by atoms with Gasteiger partial charge in [0, 0.05) is 0 Å². The molecule has 34 heavy (non-hydrogen) atoms. The van der Waals surface area contributed by atoms with Gasteiger partial charge in [-0.15, -0.1) is 0 Å². The predicted octanol–water partition coefficient (Wildman–Crippen LogP) is 5.38. The van der Waals surface area contributed by atoms with Gasteiger partial charge < -0.3 is 10.0 Å². The maximum atomic E-state index is 9.55. The molecule has 0 saturated carbocycles. The Labute approximate surface area is 198 Å². The maximum absolute atomic E-state index is 9.55. The largest absolute Gasteiger partial charge is 0.488 e. The average molecular weight is 436 g/mol. The van der Waals surface area contributed by atoms with Crippen LogP contribution in [0.4, 0.5) is 0 Å². The van der Waals surface area contributed by atoms with Crippen molar-refractivity contribution >= 4 is 12.6 Å². The Balaban J connectivity index is 1.59. The minimum absolute atomic E-state index is 0.351. The highest BCUT2D eigenvalue weighted by atomic mass is 16.4. The van der Waals surface area contributed by atoms with E-state index in [2.05, 4.69) is 91.0 Å². The third-order valence-corrected chi connectivity index (χ3v) is 7.54. The van der Waals surface area contributed by atoms with Crippen molar-refractivity contribution in [2.45, 2.75) is 5.41 Å². The van der Waals surface area contributed by atoms with Crippen LogP contribution in [0.15, 0.2) is 115 Å². The first-order valence-electron chi connectivity index (χ1n) is 11.6. The summed E-state index contributed by atoms with van der Waals surface area (Å²) >= 11 is 0. The number of rotatable bonds is 2. The van der Waals surface area contributed by atoms with Gasteiger partial charge in [-0.25, -0.2) is 0 Å². The minimum Gasteiger partial charge on any atom is -0.423 e. The van der Waals surface area contributed by atoms with Gasteiger partial charge in [-0.05, 0) is 61.1 Å². The summed E-state index contributed by atoms with van der Waals surface area (Å²) < 4.78 is 0. The molecule has 0 radical (unpaired) electrons. The van der Waals surface area contributed by atoms with E-state index in [0.717, 1.165) is 11.1 Å². The molecular formula is C31H21BO2. The molecule has 0 unspecified atom stereocenters. The SMILES string of the molecule is OB(O)c1ccc(-c2cccc3c2-c2ccccc2C32c3ccccc3-c3ccccc32)cc1. The lowest BCUT2D eigenvalue weighted by atomic mass is 9.70. The van der Waals surface area contributed by atoms with Gasteiger partial charge in [0.2, 0.25) is 0 Å². The molecule has 1 spiro atoms. The summed E-state index contributed by atoms with van der Waals surface area (Å²) in [7, 11) is -1.47. The Hall–Kier alpha value is -3.92. The fraction of sp³-hybridized carbons (Fsp3) is 0.0323. The van der Waals surface area contributed by atoms with E-state index in [4.69, 9.17) is 0 Å². The molecule has 5 aromatic rings. The van der Waals surface area contributed by atoms with Crippen LogP contribution in [-0.2, 0) is 5.41 Å². The highest BCUT2D eigenvalue weighted by Gasteiger charge is 2.51. The van der Waals surface area contributed by atoms with Crippen molar-refractivity contribution < 1.29 is 10.0 Å². The summed E-state index contributed by atoms with van der Waals surface area (Å²) in [5.41, 5.74) is 12.7. The van der Waals surface area contributed by atoms with Crippen molar-refractivity contribution in [1.29, 1.82) is 0 Å². The van der Waals surface area contributed by atoms with E-state index in [9.17, 15) is 10.0 Å². The normalized spacial score (nSPS) is 13.8. The van der Waals surface area contributed by atoms with Crippen molar-refractivity contribution in [2.75, 3.05) is 0 Å². The molecule has 0 amide bonds. The van der Waals surface area contributed by atoms with E-state index >= 15 is 0 Å². The van der Waals surface area contributed by atoms with Crippen LogP contribution < -0.4 is 5.46 Å². The van der Waals surface area contributed by atoms with E-state index in [1.54, 1.807) is 12.1 Å². The molecule has 5 aromatic carbocycles. The second kappa shape index (κ2) is 7.04. The van der Waals surface area contributed by atoms with Crippen molar-refractivity contribution in [2.24, 2.45) is 0 Å². The summed E-state index contributed by atoms with van der Waals surface area (Å²) in [6.07, 6.45) is 0. The average Bonchev–Trinajstić information content (AvgIpc) is 3.36. The Morgan fingerprint density at radius 2 is 0.912 bits per heavy atom. The quantitative estimate of drug-likeness (QED) is 0.358. The van der Waals surface area contributed by atoms with Crippen LogP contribution in [0.5, 0.6) is 0 Å². The third kappa shape index (κ3) is 2.38. The Kier molecular flexibility index (Phi) is 4.05. The van der Waals surface area contributed by atoms with Crippen LogP contribution in [0.1, 0.15) is 22.3 Å². The van der Waals surface area contributed by atoms with E-state index in [-0.39, 0.29) is 5.41 Å². The zero-order valence-electron chi connectivity index (χ0n) is 18.4. The number of benzene rings is 5. The third-order valence-electron chi connectivity index (χ3n) is 7.54. The van der Waals surface area contributed by atoms with Crippen LogP contribution in [0.3, 0.4) is 0 Å². The topological polar surface area (TPSA) is 40.5 Å². The second-order valence-electron chi connectivity index (χ2n) is 9.11. The summed E-state index contributed by atoms with van der Waals surface area (Å²) in [5.74, 6) is 0. The molecule has 0 heterocycles. The number of hydrogen-bond acceptors (Lipinski definition) is 2. The van der Waals surface area contributed by atoms with Crippen LogP contribution in [0, 0.1) is 0 Å². The van der Waals surface area contributed by atoms with Gasteiger partial charge in [-0.2, -0.15) is 0 Å². The van der Waals surface area contributed by atoms with Gasteiger partial charge in [-0.3, -0.25) is 0 Å². The summed E-state index contributed by atoms with van der Waals surface area (Å²) in [6.45, 7) is 0. The van der Waals surface area contributed by atoms with Gasteiger partial charge in [0.05, 0.1) is 5.41 Å². The van der Waals surface area contributed by atoms with E-state index in [1.807, 2.05) is 12.1 Å². The van der Waals surface area contributed by atoms with Crippen LogP contribution in [0.25, 0.3) is 33.4 Å². The summed E-state index contributed by atoms with van der Waals surface area (Å²) in [5, 5.41) is 19.1. The lowest BCUT2D eigenvalue weighted by molar-refractivity contribution is 0.426. The zero-order chi connectivity index (χ0) is 22.9. The van der Waals surface area contributed by atoms with Gasteiger partial charge >= 0.3 is 7.12 Å². The smallest absolute Gasteiger partial charge is 0.423 e. The lowest BCUT2D eigenvalue weighted by Crippen LogP contribution is -2.29. The molecule has 160 valence electrons. The molecule has 0 fully saturated rings. The second-order valence-corrected chi connectivity index (χ2v) is 9.11. The standard InChI is InChI=1S/C31H21BO2/c33-32(34)21-18-16-20(17-19-21)22-11-7-15-29-30(22)25-10-3-6-14-28(25)31(29)26-12-4-1-8-23(26)24-9-2-5-13-27(24)31/h1-19,33-34H. The van der Waals surface area contributed by atoms with E-state index in [1.165, 1.54) is 44.5 Å².